The van der Waals surface area contributed by atoms with E-state index in [2.05, 4.69) is 23.1 Å². The van der Waals surface area contributed by atoms with E-state index < -0.39 is 17.8 Å². The van der Waals surface area contributed by atoms with Crippen LogP contribution < -0.4 is 10.6 Å². The Hall–Kier alpha value is -3.08. The molecular formula is C26H30N2O3. The van der Waals surface area contributed by atoms with E-state index in [1.807, 2.05) is 13.0 Å². The van der Waals surface area contributed by atoms with Gasteiger partial charge in [-0.1, -0.05) is 48.4 Å². The van der Waals surface area contributed by atoms with Crippen LogP contribution in [0.15, 0.2) is 59.7 Å². The summed E-state index contributed by atoms with van der Waals surface area (Å²) in [5.41, 5.74) is 12.3. The minimum absolute atomic E-state index is 0.133. The minimum atomic E-state index is -0.984. The molecule has 1 aliphatic carbocycles. The molecule has 162 valence electrons. The number of carboxylic acid groups (broad SMARTS) is 1. The SMILES string of the molecule is CC(c1ccccc1N1CCC2=C(CCCC2)C1)C(C(N)=O)c1ccc(C(=O)O)cc1. The molecule has 0 saturated carbocycles. The van der Waals surface area contributed by atoms with Crippen LogP contribution in [0.25, 0.3) is 0 Å². The molecule has 0 fully saturated rings. The van der Waals surface area contributed by atoms with Crippen molar-refractivity contribution in [3.05, 3.63) is 76.4 Å². The normalized spacial score (nSPS) is 18.3. The molecule has 2 aliphatic rings. The first-order valence-corrected chi connectivity index (χ1v) is 11.1. The monoisotopic (exact) mass is 418 g/mol. The molecule has 2 aromatic carbocycles. The standard InChI is InChI=1S/C26H30N2O3/c1-17(24(25(27)29)19-10-12-20(13-11-19)26(30)31)22-8-4-5-9-23(22)28-15-14-18-6-2-3-7-21(18)16-28/h4-5,8-13,17,24H,2-3,6-7,14-16H2,1H3,(H2,27,29)(H,30,31). The predicted molar refractivity (Wildman–Crippen MR) is 123 cm³/mol. The number of nitrogens with two attached hydrogens (primary N) is 1. The van der Waals surface area contributed by atoms with Gasteiger partial charge in [0.2, 0.25) is 5.91 Å². The lowest BCUT2D eigenvalue weighted by Crippen LogP contribution is -2.34. The van der Waals surface area contributed by atoms with Crippen LogP contribution in [0.3, 0.4) is 0 Å². The van der Waals surface area contributed by atoms with E-state index >= 15 is 0 Å². The van der Waals surface area contributed by atoms with Crippen molar-refractivity contribution in [2.75, 3.05) is 18.0 Å². The summed E-state index contributed by atoms with van der Waals surface area (Å²) in [6.07, 6.45) is 6.16. The minimum Gasteiger partial charge on any atom is -0.478 e. The van der Waals surface area contributed by atoms with Crippen LogP contribution in [-0.4, -0.2) is 30.1 Å². The topological polar surface area (TPSA) is 83.6 Å². The summed E-state index contributed by atoms with van der Waals surface area (Å²) in [5.74, 6) is -2.05. The number of amides is 1. The van der Waals surface area contributed by atoms with Crippen LogP contribution in [0, 0.1) is 0 Å². The molecule has 1 heterocycles. The lowest BCUT2D eigenvalue weighted by molar-refractivity contribution is -0.119. The molecule has 5 heteroatoms. The highest BCUT2D eigenvalue weighted by Gasteiger charge is 2.30. The Labute approximate surface area is 183 Å². The van der Waals surface area contributed by atoms with Gasteiger partial charge in [0, 0.05) is 18.8 Å². The summed E-state index contributed by atoms with van der Waals surface area (Å²) in [7, 11) is 0. The zero-order valence-corrected chi connectivity index (χ0v) is 18.0. The van der Waals surface area contributed by atoms with Crippen LogP contribution in [0.1, 0.15) is 72.3 Å². The fourth-order valence-electron chi connectivity index (χ4n) is 5.18. The smallest absolute Gasteiger partial charge is 0.335 e. The molecule has 5 nitrogen and oxygen atoms in total. The van der Waals surface area contributed by atoms with Gasteiger partial charge >= 0.3 is 5.97 Å². The molecule has 2 aromatic rings. The number of hydrogen-bond donors (Lipinski definition) is 2. The Morgan fingerprint density at radius 2 is 1.65 bits per heavy atom. The van der Waals surface area contributed by atoms with Crippen LogP contribution in [0.4, 0.5) is 5.69 Å². The average Bonchev–Trinajstić information content (AvgIpc) is 2.79. The Kier molecular flexibility index (Phi) is 6.12. The van der Waals surface area contributed by atoms with Crippen molar-refractivity contribution in [1.82, 2.24) is 0 Å². The largest absolute Gasteiger partial charge is 0.478 e. The summed E-state index contributed by atoms with van der Waals surface area (Å²) in [6.45, 7) is 4.00. The molecule has 1 aliphatic heterocycles. The van der Waals surface area contributed by atoms with Crippen molar-refractivity contribution in [3.8, 4) is 0 Å². The summed E-state index contributed by atoms with van der Waals surface area (Å²) < 4.78 is 0. The number of primary amides is 1. The van der Waals surface area contributed by atoms with Crippen LogP contribution in [0.2, 0.25) is 0 Å². The molecule has 0 aromatic heterocycles. The first-order chi connectivity index (χ1) is 15.0. The second kappa shape index (κ2) is 8.96. The van der Waals surface area contributed by atoms with Crippen molar-refractivity contribution in [2.24, 2.45) is 5.73 Å². The summed E-state index contributed by atoms with van der Waals surface area (Å²) in [4.78, 5) is 26.1. The van der Waals surface area contributed by atoms with Crippen LogP contribution in [0.5, 0.6) is 0 Å². The van der Waals surface area contributed by atoms with Gasteiger partial charge in [-0.3, -0.25) is 4.79 Å². The van der Waals surface area contributed by atoms with E-state index in [0.29, 0.717) is 0 Å². The van der Waals surface area contributed by atoms with Gasteiger partial charge < -0.3 is 15.7 Å². The van der Waals surface area contributed by atoms with Gasteiger partial charge in [0.05, 0.1) is 11.5 Å². The molecule has 3 N–H and O–H groups in total. The van der Waals surface area contributed by atoms with Gasteiger partial charge in [-0.15, -0.1) is 0 Å². The summed E-state index contributed by atoms with van der Waals surface area (Å²) in [5, 5.41) is 9.17. The fraction of sp³-hybridized carbons (Fsp3) is 0.385. The molecule has 0 bridgehead atoms. The number of carbonyl (C=O) groups is 2. The van der Waals surface area contributed by atoms with Gasteiger partial charge in [-0.25, -0.2) is 4.79 Å². The maximum atomic E-state index is 12.5. The number of carboxylic acids is 1. The van der Waals surface area contributed by atoms with Gasteiger partial charge in [-0.05, 0) is 67.3 Å². The quantitative estimate of drug-likeness (QED) is 0.658. The van der Waals surface area contributed by atoms with Crippen molar-refractivity contribution >= 4 is 17.6 Å². The highest BCUT2D eigenvalue weighted by molar-refractivity contribution is 5.88. The summed E-state index contributed by atoms with van der Waals surface area (Å²) >= 11 is 0. The third-order valence-corrected chi connectivity index (χ3v) is 6.86. The molecule has 0 radical (unpaired) electrons. The number of hydrogen-bond acceptors (Lipinski definition) is 3. The number of nitrogens with zero attached hydrogens (tertiary/aromatic N) is 1. The van der Waals surface area contributed by atoms with Crippen molar-refractivity contribution in [3.63, 3.8) is 0 Å². The number of para-hydroxylation sites is 1. The van der Waals surface area contributed by atoms with E-state index in [0.717, 1.165) is 30.6 Å². The van der Waals surface area contributed by atoms with Crippen molar-refractivity contribution in [1.29, 1.82) is 0 Å². The van der Waals surface area contributed by atoms with E-state index in [4.69, 9.17) is 5.73 Å². The van der Waals surface area contributed by atoms with E-state index in [1.54, 1.807) is 23.3 Å². The zero-order valence-electron chi connectivity index (χ0n) is 18.0. The Balaban J connectivity index is 1.64. The summed E-state index contributed by atoms with van der Waals surface area (Å²) in [6, 6.07) is 14.8. The Morgan fingerprint density at radius 1 is 0.968 bits per heavy atom. The number of rotatable bonds is 6. The van der Waals surface area contributed by atoms with E-state index in [-0.39, 0.29) is 11.5 Å². The first-order valence-electron chi connectivity index (χ1n) is 11.1. The van der Waals surface area contributed by atoms with Crippen LogP contribution in [-0.2, 0) is 4.79 Å². The number of anilines is 1. The van der Waals surface area contributed by atoms with E-state index in [1.165, 1.54) is 43.5 Å². The third kappa shape index (κ3) is 4.36. The predicted octanol–water partition coefficient (Wildman–Crippen LogP) is 4.84. The second-order valence-corrected chi connectivity index (χ2v) is 8.74. The molecule has 1 amide bonds. The lowest BCUT2D eigenvalue weighted by atomic mass is 9.80. The third-order valence-electron chi connectivity index (χ3n) is 6.86. The Morgan fingerprint density at radius 3 is 2.32 bits per heavy atom. The maximum Gasteiger partial charge on any atom is 0.335 e. The lowest BCUT2D eigenvalue weighted by Gasteiger charge is -2.37. The highest BCUT2D eigenvalue weighted by atomic mass is 16.4. The maximum absolute atomic E-state index is 12.5. The molecule has 2 atom stereocenters. The molecule has 0 spiro atoms. The average molecular weight is 419 g/mol. The fourth-order valence-corrected chi connectivity index (χ4v) is 5.18. The van der Waals surface area contributed by atoms with Crippen molar-refractivity contribution in [2.45, 2.75) is 50.9 Å². The molecule has 0 saturated heterocycles. The van der Waals surface area contributed by atoms with Crippen LogP contribution >= 0.6 is 0 Å². The van der Waals surface area contributed by atoms with E-state index in [9.17, 15) is 14.7 Å². The molecular weight excluding hydrogens is 388 g/mol. The number of aromatic carboxylic acids is 1. The zero-order chi connectivity index (χ0) is 22.0. The van der Waals surface area contributed by atoms with Gasteiger partial charge in [0.15, 0.2) is 0 Å². The van der Waals surface area contributed by atoms with Gasteiger partial charge in [0.1, 0.15) is 0 Å². The molecule has 31 heavy (non-hydrogen) atoms. The second-order valence-electron chi connectivity index (χ2n) is 8.74. The highest BCUT2D eigenvalue weighted by Crippen LogP contribution is 2.40. The molecule has 4 rings (SSSR count). The number of benzene rings is 2. The van der Waals surface area contributed by atoms with Gasteiger partial charge in [-0.2, -0.15) is 0 Å². The molecule has 2 unspecified atom stereocenters. The Bertz CT molecular complexity index is 1010. The first kappa shape index (κ1) is 21.2. The number of carbonyl (C=O) groups excluding carboxylic acids is 1. The van der Waals surface area contributed by atoms with Gasteiger partial charge in [0.25, 0.3) is 0 Å². The van der Waals surface area contributed by atoms with Crippen molar-refractivity contribution < 1.29 is 14.7 Å².